The molecule has 0 radical (unpaired) electrons. The lowest BCUT2D eigenvalue weighted by Gasteiger charge is -2.50. The van der Waals surface area contributed by atoms with Crippen LogP contribution in [0.2, 0.25) is 0 Å². The summed E-state index contributed by atoms with van der Waals surface area (Å²) in [5.74, 6) is 2.31. The Morgan fingerprint density at radius 2 is 1.90 bits per heavy atom. The minimum Gasteiger partial charge on any atom is -0.364 e. The highest BCUT2D eigenvalue weighted by Crippen LogP contribution is 2.56. The van der Waals surface area contributed by atoms with Crippen molar-refractivity contribution >= 4 is 23.5 Å². The number of aliphatic hydroxyl groups excluding tert-OH is 1. The third kappa shape index (κ3) is 4.09. The summed E-state index contributed by atoms with van der Waals surface area (Å²) in [6, 6.07) is 0. The molecule has 2 aliphatic rings. The molecule has 2 rings (SSSR count). The first-order valence-electron chi connectivity index (χ1n) is 7.96. The second-order valence-corrected chi connectivity index (χ2v) is 9.06. The van der Waals surface area contributed by atoms with Gasteiger partial charge in [-0.05, 0) is 50.5 Å². The van der Waals surface area contributed by atoms with E-state index in [-0.39, 0.29) is 4.08 Å². The average Bonchev–Trinajstić information content (AvgIpc) is 2.51. The molecule has 21 heavy (non-hydrogen) atoms. The van der Waals surface area contributed by atoms with Crippen molar-refractivity contribution in [3.8, 4) is 0 Å². The molecule has 0 aromatic rings. The molecule has 1 spiro atoms. The summed E-state index contributed by atoms with van der Waals surface area (Å²) in [6.45, 7) is 4.81. The molecule has 0 aromatic carbocycles. The van der Waals surface area contributed by atoms with Crippen molar-refractivity contribution in [1.29, 1.82) is 0 Å². The summed E-state index contributed by atoms with van der Waals surface area (Å²) in [5.41, 5.74) is -0.407. The van der Waals surface area contributed by atoms with E-state index in [0.29, 0.717) is 6.61 Å². The van der Waals surface area contributed by atoms with Crippen LogP contribution in [0.25, 0.3) is 0 Å². The van der Waals surface area contributed by atoms with E-state index in [2.05, 4.69) is 13.8 Å². The van der Waals surface area contributed by atoms with E-state index >= 15 is 0 Å². The van der Waals surface area contributed by atoms with E-state index in [0.717, 1.165) is 43.6 Å². The molecule has 0 bridgehead atoms. The van der Waals surface area contributed by atoms with Gasteiger partial charge in [0.1, 0.15) is 0 Å². The first-order valence-corrected chi connectivity index (χ1v) is 9.93. The number of aliphatic hydroxyl groups is 2. The van der Waals surface area contributed by atoms with E-state index in [1.165, 1.54) is 6.42 Å². The van der Waals surface area contributed by atoms with Crippen molar-refractivity contribution < 1.29 is 19.7 Å². The van der Waals surface area contributed by atoms with Crippen LogP contribution in [0.3, 0.4) is 0 Å². The van der Waals surface area contributed by atoms with Crippen LogP contribution < -0.4 is 0 Å². The zero-order chi connectivity index (χ0) is 15.3. The van der Waals surface area contributed by atoms with Crippen molar-refractivity contribution in [3.05, 3.63) is 0 Å². The largest absolute Gasteiger partial charge is 0.364 e. The Labute approximate surface area is 136 Å². The predicted molar refractivity (Wildman–Crippen MR) is 88.5 cm³/mol. The molecule has 0 aromatic heterocycles. The highest BCUT2D eigenvalue weighted by molar-refractivity contribution is 8.18. The molecule has 0 saturated carbocycles. The number of hydrogen-bond acceptors (Lipinski definition) is 6. The third-order valence-electron chi connectivity index (χ3n) is 4.29. The van der Waals surface area contributed by atoms with Gasteiger partial charge >= 0.3 is 0 Å². The second-order valence-electron chi connectivity index (χ2n) is 6.01. The van der Waals surface area contributed by atoms with E-state index in [1.54, 1.807) is 0 Å². The van der Waals surface area contributed by atoms with Gasteiger partial charge < -0.3 is 19.7 Å². The van der Waals surface area contributed by atoms with E-state index in [1.807, 2.05) is 23.5 Å². The Morgan fingerprint density at radius 1 is 1.19 bits per heavy atom. The molecule has 0 amide bonds. The maximum Gasteiger partial charge on any atom is 0.209 e. The Kier molecular flexibility index (Phi) is 6.71. The van der Waals surface area contributed by atoms with Crippen LogP contribution in [0.1, 0.15) is 52.4 Å². The van der Waals surface area contributed by atoms with Crippen LogP contribution in [-0.4, -0.2) is 50.6 Å². The van der Waals surface area contributed by atoms with Gasteiger partial charge in [0, 0.05) is 6.61 Å². The van der Waals surface area contributed by atoms with E-state index < -0.39 is 18.2 Å². The molecule has 2 saturated heterocycles. The molecule has 2 N–H and O–H groups in total. The van der Waals surface area contributed by atoms with Gasteiger partial charge in [0.2, 0.25) is 12.6 Å². The Morgan fingerprint density at radius 3 is 2.52 bits per heavy atom. The first kappa shape index (κ1) is 17.9. The van der Waals surface area contributed by atoms with Crippen molar-refractivity contribution in [3.63, 3.8) is 0 Å². The first-order chi connectivity index (χ1) is 10.0. The number of thioether (sulfide) groups is 2. The van der Waals surface area contributed by atoms with Gasteiger partial charge in [-0.2, -0.15) is 0 Å². The maximum absolute atomic E-state index is 9.56. The summed E-state index contributed by atoms with van der Waals surface area (Å²) < 4.78 is 11.8. The Balaban J connectivity index is 2.29. The van der Waals surface area contributed by atoms with Crippen LogP contribution >= 0.6 is 23.5 Å². The lowest BCUT2D eigenvalue weighted by Crippen LogP contribution is -2.54. The molecule has 2 atom stereocenters. The minimum absolute atomic E-state index is 0.00208. The maximum atomic E-state index is 9.56. The monoisotopic (exact) mass is 336 g/mol. The van der Waals surface area contributed by atoms with Gasteiger partial charge in [-0.15, -0.1) is 23.5 Å². The molecule has 2 heterocycles. The molecule has 2 aliphatic heterocycles. The van der Waals surface area contributed by atoms with Crippen molar-refractivity contribution in [2.75, 3.05) is 18.1 Å². The van der Waals surface area contributed by atoms with Crippen LogP contribution in [0, 0.1) is 0 Å². The predicted octanol–water partition coefficient (Wildman–Crippen LogP) is 2.97. The zero-order valence-corrected chi connectivity index (χ0v) is 14.7. The lowest BCUT2D eigenvalue weighted by molar-refractivity contribution is -0.289. The Bertz CT molecular complexity index is 321. The van der Waals surface area contributed by atoms with Gasteiger partial charge in [0.15, 0.2) is 0 Å². The summed E-state index contributed by atoms with van der Waals surface area (Å²) >= 11 is 4.00. The standard InChI is InChI=1S/C15H28O4S2/c1-3-7-14(2)15(20-10-6-11-21-15)8-4-5-9-18-13(19-14)12(16)17/h12-13,16-17H,3-11H2,1-2H3. The highest BCUT2D eigenvalue weighted by atomic mass is 32.2. The van der Waals surface area contributed by atoms with Gasteiger partial charge in [-0.25, -0.2) is 0 Å². The Hall–Kier alpha value is 0.540. The van der Waals surface area contributed by atoms with Crippen LogP contribution in [0.15, 0.2) is 0 Å². The molecule has 0 aliphatic carbocycles. The minimum atomic E-state index is -1.59. The van der Waals surface area contributed by atoms with Gasteiger partial charge in [-0.1, -0.05) is 13.3 Å². The quantitative estimate of drug-likeness (QED) is 0.773. The van der Waals surface area contributed by atoms with E-state index in [9.17, 15) is 10.2 Å². The number of hydrogen-bond donors (Lipinski definition) is 2. The second kappa shape index (κ2) is 7.88. The van der Waals surface area contributed by atoms with Gasteiger partial charge in [0.05, 0.1) is 9.68 Å². The van der Waals surface area contributed by atoms with Crippen LogP contribution in [0.5, 0.6) is 0 Å². The van der Waals surface area contributed by atoms with Crippen molar-refractivity contribution in [2.24, 2.45) is 0 Å². The molecule has 4 nitrogen and oxygen atoms in total. The lowest BCUT2D eigenvalue weighted by atomic mass is 9.91. The fourth-order valence-corrected chi connectivity index (χ4v) is 6.94. The molecular formula is C15H28O4S2. The summed E-state index contributed by atoms with van der Waals surface area (Å²) in [7, 11) is 0. The van der Waals surface area contributed by atoms with Crippen molar-refractivity contribution in [1.82, 2.24) is 0 Å². The number of ether oxygens (including phenoxy) is 2. The molecular weight excluding hydrogens is 308 g/mol. The third-order valence-corrected chi connectivity index (χ3v) is 8.19. The normalized spacial score (nSPS) is 34.4. The van der Waals surface area contributed by atoms with Gasteiger partial charge in [-0.3, -0.25) is 0 Å². The van der Waals surface area contributed by atoms with Crippen LogP contribution in [0.4, 0.5) is 0 Å². The molecule has 2 unspecified atom stereocenters. The molecule has 2 fully saturated rings. The molecule has 124 valence electrons. The average molecular weight is 337 g/mol. The molecule has 6 heteroatoms. The van der Waals surface area contributed by atoms with Crippen molar-refractivity contribution in [2.45, 2.75) is 74.6 Å². The zero-order valence-electron chi connectivity index (χ0n) is 13.0. The fourth-order valence-electron chi connectivity index (χ4n) is 3.20. The number of rotatable bonds is 3. The summed E-state index contributed by atoms with van der Waals surface area (Å²) in [4.78, 5) is 0. The summed E-state index contributed by atoms with van der Waals surface area (Å²) in [6.07, 6.45) is 3.75. The van der Waals surface area contributed by atoms with Gasteiger partial charge in [0.25, 0.3) is 0 Å². The fraction of sp³-hybridized carbons (Fsp3) is 1.00. The summed E-state index contributed by atoms with van der Waals surface area (Å²) in [5, 5.41) is 19.1. The van der Waals surface area contributed by atoms with E-state index in [4.69, 9.17) is 9.47 Å². The topological polar surface area (TPSA) is 58.9 Å². The highest BCUT2D eigenvalue weighted by Gasteiger charge is 2.52. The smallest absolute Gasteiger partial charge is 0.209 e. The SMILES string of the molecule is CCCC1(C)OC(C(O)O)OCCCCC12SCCCS2. The van der Waals surface area contributed by atoms with Crippen LogP contribution in [-0.2, 0) is 9.47 Å².